The van der Waals surface area contributed by atoms with E-state index in [1.54, 1.807) is 4.90 Å². The van der Waals surface area contributed by atoms with E-state index < -0.39 is 0 Å². The van der Waals surface area contributed by atoms with Crippen LogP contribution in [0, 0.1) is 0 Å². The van der Waals surface area contributed by atoms with E-state index in [2.05, 4.69) is 31.9 Å². The summed E-state index contributed by atoms with van der Waals surface area (Å²) in [5.74, 6) is 0.0665. The first kappa shape index (κ1) is 14.1. The van der Waals surface area contributed by atoms with Gasteiger partial charge in [0.25, 0.3) is 0 Å². The first-order chi connectivity index (χ1) is 8.47. The summed E-state index contributed by atoms with van der Waals surface area (Å²) in [6.07, 6.45) is 0.423. The summed E-state index contributed by atoms with van der Waals surface area (Å²) in [4.78, 5) is 24.8. The number of hydrogen-bond acceptors (Lipinski definition) is 3. The Labute approximate surface area is 127 Å². The Morgan fingerprint density at radius 2 is 2.17 bits per heavy atom. The number of anilines is 1. The number of hydrogen-bond donors (Lipinski definition) is 0. The molecule has 0 aromatic heterocycles. The Balaban J connectivity index is 2.19. The van der Waals surface area contributed by atoms with E-state index in [4.69, 9.17) is 0 Å². The molecule has 6 heteroatoms. The number of nitrogens with zero attached hydrogens (tertiary/aromatic N) is 1. The molecule has 1 aromatic carbocycles. The lowest BCUT2D eigenvalue weighted by Crippen LogP contribution is -2.25. The molecule has 96 valence electrons. The maximum atomic E-state index is 12.0. The number of carbonyl (C=O) groups is 2. The molecule has 0 saturated carbocycles. The van der Waals surface area contributed by atoms with Crippen molar-refractivity contribution in [3.63, 3.8) is 0 Å². The second-order valence-corrected chi connectivity index (χ2v) is 7.28. The fraction of sp³-hybridized carbons (Fsp3) is 0.333. The van der Waals surface area contributed by atoms with Gasteiger partial charge in [0.05, 0.1) is 5.69 Å². The van der Waals surface area contributed by atoms with Crippen LogP contribution in [0.4, 0.5) is 5.69 Å². The summed E-state index contributed by atoms with van der Waals surface area (Å²) >= 11 is 8.09. The highest BCUT2D eigenvalue weighted by Crippen LogP contribution is 2.34. The van der Waals surface area contributed by atoms with Crippen molar-refractivity contribution in [2.45, 2.75) is 18.6 Å². The van der Waals surface area contributed by atoms with Crippen molar-refractivity contribution in [1.82, 2.24) is 0 Å². The lowest BCUT2D eigenvalue weighted by atomic mass is 10.3. The van der Waals surface area contributed by atoms with Gasteiger partial charge in [-0.2, -0.15) is 0 Å². The summed E-state index contributed by atoms with van der Waals surface area (Å²) in [6.45, 7) is 2.12. The molecule has 1 aromatic rings. The lowest BCUT2D eigenvalue weighted by Gasteiger charge is -2.18. The second kappa shape index (κ2) is 5.75. The van der Waals surface area contributed by atoms with Crippen molar-refractivity contribution in [3.8, 4) is 0 Å². The van der Waals surface area contributed by atoms with Crippen LogP contribution < -0.4 is 4.90 Å². The Morgan fingerprint density at radius 3 is 2.78 bits per heavy atom. The summed E-state index contributed by atoms with van der Waals surface area (Å²) < 4.78 is 1.83. The summed E-state index contributed by atoms with van der Waals surface area (Å²) in [5, 5.41) is 0.120. The Hall–Kier alpha value is -0.330. The molecule has 1 atom stereocenters. The zero-order valence-electron chi connectivity index (χ0n) is 9.65. The highest BCUT2D eigenvalue weighted by Gasteiger charge is 2.32. The van der Waals surface area contributed by atoms with Crippen molar-refractivity contribution in [2.75, 3.05) is 11.4 Å². The predicted molar refractivity (Wildman–Crippen MR) is 80.9 cm³/mol. The number of rotatable bonds is 2. The number of halogens is 2. The molecular formula is C12H11Br2NO2S. The molecule has 3 nitrogen and oxygen atoms in total. The zero-order chi connectivity index (χ0) is 13.3. The van der Waals surface area contributed by atoms with Crippen LogP contribution in [0.1, 0.15) is 13.3 Å². The third-order valence-corrected chi connectivity index (χ3v) is 4.73. The second-order valence-electron chi connectivity index (χ2n) is 4.04. The fourth-order valence-corrected chi connectivity index (χ4v) is 4.10. The van der Waals surface area contributed by atoms with Gasteiger partial charge in [-0.05, 0) is 34.1 Å². The van der Waals surface area contributed by atoms with Gasteiger partial charge in [0.2, 0.25) is 5.91 Å². The molecule has 1 fully saturated rings. The highest BCUT2D eigenvalue weighted by molar-refractivity contribution is 9.11. The van der Waals surface area contributed by atoms with Crippen molar-refractivity contribution >= 4 is 60.3 Å². The van der Waals surface area contributed by atoms with Crippen LogP contribution in [0.5, 0.6) is 0 Å². The normalized spacial score (nSPS) is 19.4. The van der Waals surface area contributed by atoms with Crippen LogP contribution in [0.25, 0.3) is 0 Å². The first-order valence-corrected chi connectivity index (χ1v) is 7.86. The molecule has 1 saturated heterocycles. The monoisotopic (exact) mass is 391 g/mol. The van der Waals surface area contributed by atoms with Crippen LogP contribution in [0.3, 0.4) is 0 Å². The predicted octanol–water partition coefficient (Wildman–Crippen LogP) is 3.60. The van der Waals surface area contributed by atoms with Crippen molar-refractivity contribution < 1.29 is 9.59 Å². The van der Waals surface area contributed by atoms with Gasteiger partial charge in [-0.1, -0.05) is 27.7 Å². The largest absolute Gasteiger partial charge is 0.310 e. The molecule has 0 radical (unpaired) electrons. The quantitative estimate of drug-likeness (QED) is 0.771. The van der Waals surface area contributed by atoms with E-state index in [9.17, 15) is 9.59 Å². The zero-order valence-corrected chi connectivity index (χ0v) is 13.6. The average Bonchev–Trinajstić information content (AvgIpc) is 2.58. The highest BCUT2D eigenvalue weighted by atomic mass is 79.9. The molecule has 1 heterocycles. The van der Waals surface area contributed by atoms with Crippen LogP contribution in [0.15, 0.2) is 27.1 Å². The summed E-state index contributed by atoms with van der Waals surface area (Å²) in [7, 11) is 0. The topological polar surface area (TPSA) is 37.4 Å². The van der Waals surface area contributed by atoms with E-state index in [0.29, 0.717) is 13.0 Å². The minimum Gasteiger partial charge on any atom is -0.310 e. The number of thioether (sulfide) groups is 1. The third kappa shape index (κ3) is 3.16. The van der Waals surface area contributed by atoms with Crippen LogP contribution in [-0.2, 0) is 9.59 Å². The number of amides is 1. The Bertz CT molecular complexity index is 507. The van der Waals surface area contributed by atoms with E-state index >= 15 is 0 Å². The lowest BCUT2D eigenvalue weighted by molar-refractivity contribution is -0.117. The van der Waals surface area contributed by atoms with E-state index in [1.165, 1.54) is 18.7 Å². The van der Waals surface area contributed by atoms with Gasteiger partial charge in [-0.25, -0.2) is 0 Å². The van der Waals surface area contributed by atoms with E-state index in [0.717, 1.165) is 14.6 Å². The standard InChI is InChI=1S/C12H11Br2NO2S/c1-7(16)18-9-5-12(17)15(6-9)11-3-2-8(13)4-10(11)14/h2-4,9H,5-6H2,1H3. The average molecular weight is 393 g/mol. The van der Waals surface area contributed by atoms with Gasteiger partial charge < -0.3 is 4.90 Å². The molecule has 1 aliphatic rings. The number of carbonyl (C=O) groups excluding carboxylic acids is 2. The van der Waals surface area contributed by atoms with Crippen LogP contribution in [-0.4, -0.2) is 22.8 Å². The molecule has 1 unspecified atom stereocenters. The van der Waals surface area contributed by atoms with Crippen molar-refractivity contribution in [1.29, 1.82) is 0 Å². The molecule has 1 aliphatic heterocycles. The summed E-state index contributed by atoms with van der Waals surface area (Å²) in [6, 6.07) is 5.71. The number of benzene rings is 1. The van der Waals surface area contributed by atoms with E-state index in [-0.39, 0.29) is 16.3 Å². The van der Waals surface area contributed by atoms with Gasteiger partial charge in [0.15, 0.2) is 5.12 Å². The minimum absolute atomic E-state index is 0.0597. The Morgan fingerprint density at radius 1 is 1.44 bits per heavy atom. The summed E-state index contributed by atoms with van der Waals surface area (Å²) in [5.41, 5.74) is 0.856. The SMILES string of the molecule is CC(=O)SC1CC(=O)N(c2ccc(Br)cc2Br)C1. The molecule has 0 bridgehead atoms. The van der Waals surface area contributed by atoms with Gasteiger partial charge in [-0.15, -0.1) is 0 Å². The van der Waals surface area contributed by atoms with Crippen molar-refractivity contribution in [2.24, 2.45) is 0 Å². The first-order valence-electron chi connectivity index (χ1n) is 5.40. The van der Waals surface area contributed by atoms with Gasteiger partial charge in [0, 0.05) is 34.1 Å². The molecule has 18 heavy (non-hydrogen) atoms. The Kier molecular flexibility index (Phi) is 4.50. The maximum absolute atomic E-state index is 12.0. The molecule has 0 aliphatic carbocycles. The fourth-order valence-electron chi connectivity index (χ4n) is 1.92. The van der Waals surface area contributed by atoms with E-state index in [1.807, 2.05) is 18.2 Å². The minimum atomic E-state index is 0.0597. The van der Waals surface area contributed by atoms with Crippen molar-refractivity contribution in [3.05, 3.63) is 27.1 Å². The smallest absolute Gasteiger partial charge is 0.228 e. The van der Waals surface area contributed by atoms with Crippen LogP contribution >= 0.6 is 43.6 Å². The molecule has 0 N–H and O–H groups in total. The maximum Gasteiger partial charge on any atom is 0.228 e. The van der Waals surface area contributed by atoms with Crippen LogP contribution in [0.2, 0.25) is 0 Å². The van der Waals surface area contributed by atoms with Gasteiger partial charge in [0.1, 0.15) is 0 Å². The van der Waals surface area contributed by atoms with Gasteiger partial charge in [-0.3, -0.25) is 9.59 Å². The third-order valence-electron chi connectivity index (χ3n) is 2.62. The molecule has 2 rings (SSSR count). The molecule has 0 spiro atoms. The molecular weight excluding hydrogens is 382 g/mol. The van der Waals surface area contributed by atoms with Gasteiger partial charge >= 0.3 is 0 Å². The molecule has 1 amide bonds.